The predicted octanol–water partition coefficient (Wildman–Crippen LogP) is 3.76. The lowest BCUT2D eigenvalue weighted by Crippen LogP contribution is -2.27. The van der Waals surface area contributed by atoms with Crippen LogP contribution in [0.1, 0.15) is 32.4 Å². The molecule has 1 atom stereocenters. The van der Waals surface area contributed by atoms with E-state index in [4.69, 9.17) is 21.1 Å². The first-order chi connectivity index (χ1) is 8.35. The number of epoxide rings is 1. The van der Waals surface area contributed by atoms with Gasteiger partial charge in [-0.2, -0.15) is 0 Å². The topological polar surface area (TPSA) is 50.9 Å². The van der Waals surface area contributed by atoms with Crippen LogP contribution in [-0.2, 0) is 9.47 Å². The Bertz CT molecular complexity index is 464. The highest BCUT2D eigenvalue weighted by atomic mass is 35.5. The van der Waals surface area contributed by atoms with E-state index in [-0.39, 0.29) is 6.10 Å². The van der Waals surface area contributed by atoms with Crippen LogP contribution in [0.2, 0.25) is 5.02 Å². The van der Waals surface area contributed by atoms with E-state index >= 15 is 0 Å². The summed E-state index contributed by atoms with van der Waals surface area (Å²) in [5, 5.41) is 3.34. The monoisotopic (exact) mass is 269 g/mol. The molecule has 18 heavy (non-hydrogen) atoms. The van der Waals surface area contributed by atoms with E-state index < -0.39 is 11.7 Å². The second kappa shape index (κ2) is 4.78. The van der Waals surface area contributed by atoms with E-state index in [1.165, 1.54) is 0 Å². The van der Waals surface area contributed by atoms with Crippen molar-refractivity contribution in [2.24, 2.45) is 0 Å². The molecule has 0 spiro atoms. The lowest BCUT2D eigenvalue weighted by molar-refractivity contribution is 0.0636. The van der Waals surface area contributed by atoms with Gasteiger partial charge in [0, 0.05) is 10.6 Å². The fourth-order valence-corrected chi connectivity index (χ4v) is 1.74. The third-order valence-corrected chi connectivity index (χ3v) is 2.56. The summed E-state index contributed by atoms with van der Waals surface area (Å²) >= 11 is 5.93. The van der Waals surface area contributed by atoms with Gasteiger partial charge in [0.15, 0.2) is 0 Å². The minimum absolute atomic E-state index is 0.0219. The molecule has 1 saturated heterocycles. The second-order valence-corrected chi connectivity index (χ2v) is 5.62. The van der Waals surface area contributed by atoms with Crippen molar-refractivity contribution in [3.8, 4) is 0 Å². The number of hydrogen-bond donors (Lipinski definition) is 1. The van der Waals surface area contributed by atoms with E-state index in [9.17, 15) is 4.79 Å². The Hall–Kier alpha value is -1.26. The van der Waals surface area contributed by atoms with E-state index in [0.717, 1.165) is 5.56 Å². The summed E-state index contributed by atoms with van der Waals surface area (Å²) in [7, 11) is 0. The number of benzene rings is 1. The van der Waals surface area contributed by atoms with Crippen LogP contribution in [0.5, 0.6) is 0 Å². The molecule has 0 saturated carbocycles. The maximum atomic E-state index is 11.7. The van der Waals surface area contributed by atoms with E-state index in [0.29, 0.717) is 17.3 Å². The van der Waals surface area contributed by atoms with Crippen LogP contribution in [0.3, 0.4) is 0 Å². The smallest absolute Gasteiger partial charge is 0.412 e. The molecule has 0 unspecified atom stereocenters. The molecule has 0 aliphatic carbocycles. The SMILES string of the molecule is CC(C)(C)OC(=O)Nc1ccc(Cl)cc1[C@@H]1CO1. The van der Waals surface area contributed by atoms with Crippen molar-refractivity contribution in [1.82, 2.24) is 0 Å². The highest BCUT2D eigenvalue weighted by molar-refractivity contribution is 6.30. The largest absolute Gasteiger partial charge is 0.444 e. The first kappa shape index (κ1) is 13.2. The summed E-state index contributed by atoms with van der Waals surface area (Å²) < 4.78 is 10.4. The van der Waals surface area contributed by atoms with Crippen molar-refractivity contribution < 1.29 is 14.3 Å². The Labute approximate surface area is 111 Å². The summed E-state index contributed by atoms with van der Waals surface area (Å²) in [5.41, 5.74) is 1.04. The van der Waals surface area contributed by atoms with Gasteiger partial charge in [-0.1, -0.05) is 11.6 Å². The number of amides is 1. The molecule has 98 valence electrons. The molecular formula is C13H16ClNO3. The number of carbonyl (C=O) groups excluding carboxylic acids is 1. The summed E-state index contributed by atoms with van der Waals surface area (Å²) in [6, 6.07) is 5.27. The number of halogens is 1. The van der Waals surface area contributed by atoms with Crippen molar-refractivity contribution in [2.75, 3.05) is 11.9 Å². The molecule has 4 nitrogen and oxygen atoms in total. The average molecular weight is 270 g/mol. The van der Waals surface area contributed by atoms with Gasteiger partial charge in [0.05, 0.1) is 12.3 Å². The van der Waals surface area contributed by atoms with Crippen LogP contribution >= 0.6 is 11.6 Å². The van der Waals surface area contributed by atoms with Crippen LogP contribution in [-0.4, -0.2) is 18.3 Å². The van der Waals surface area contributed by atoms with E-state index in [2.05, 4.69) is 5.32 Å². The Morgan fingerprint density at radius 2 is 2.17 bits per heavy atom. The zero-order valence-electron chi connectivity index (χ0n) is 10.6. The van der Waals surface area contributed by atoms with Gasteiger partial charge in [0.25, 0.3) is 0 Å². The first-order valence-electron chi connectivity index (χ1n) is 5.76. The summed E-state index contributed by atoms with van der Waals surface area (Å²) in [4.78, 5) is 11.7. The average Bonchev–Trinajstić information content (AvgIpc) is 3.01. The van der Waals surface area contributed by atoms with Gasteiger partial charge in [0.1, 0.15) is 11.7 Å². The minimum atomic E-state index is -0.521. The Morgan fingerprint density at radius 1 is 1.50 bits per heavy atom. The molecule has 1 aliphatic rings. The maximum Gasteiger partial charge on any atom is 0.412 e. The zero-order chi connectivity index (χ0) is 13.3. The first-order valence-corrected chi connectivity index (χ1v) is 6.14. The molecule has 0 aromatic heterocycles. The molecule has 1 heterocycles. The molecule has 0 radical (unpaired) electrons. The molecule has 1 aromatic rings. The fourth-order valence-electron chi connectivity index (χ4n) is 1.56. The molecule has 1 amide bonds. The minimum Gasteiger partial charge on any atom is -0.444 e. The van der Waals surface area contributed by atoms with E-state index in [1.807, 2.05) is 20.8 Å². The van der Waals surface area contributed by atoms with Gasteiger partial charge >= 0.3 is 6.09 Å². The van der Waals surface area contributed by atoms with Crippen molar-refractivity contribution in [2.45, 2.75) is 32.5 Å². The van der Waals surface area contributed by atoms with Gasteiger partial charge in [-0.05, 0) is 39.0 Å². The Kier molecular flexibility index (Phi) is 3.50. The van der Waals surface area contributed by atoms with Crippen LogP contribution in [0.15, 0.2) is 18.2 Å². The molecule has 1 aromatic carbocycles. The highest BCUT2D eigenvalue weighted by Crippen LogP contribution is 2.36. The van der Waals surface area contributed by atoms with Gasteiger partial charge in [-0.25, -0.2) is 4.79 Å². The van der Waals surface area contributed by atoms with Gasteiger partial charge in [-0.15, -0.1) is 0 Å². The van der Waals surface area contributed by atoms with Crippen LogP contribution in [0.25, 0.3) is 0 Å². The molecule has 1 N–H and O–H groups in total. The number of carbonyl (C=O) groups is 1. The molecular weight excluding hydrogens is 254 g/mol. The van der Waals surface area contributed by atoms with Crippen LogP contribution in [0.4, 0.5) is 10.5 Å². The second-order valence-electron chi connectivity index (χ2n) is 5.18. The lowest BCUT2D eigenvalue weighted by Gasteiger charge is -2.20. The standard InChI is InChI=1S/C13H16ClNO3/c1-13(2,3)18-12(16)15-10-5-4-8(14)6-9(10)11-7-17-11/h4-6,11H,7H2,1-3H3,(H,15,16)/t11-/m0/s1. The van der Waals surface area contributed by atoms with E-state index in [1.54, 1.807) is 18.2 Å². The number of nitrogens with one attached hydrogen (secondary N) is 1. The fraction of sp³-hybridized carbons (Fsp3) is 0.462. The third kappa shape index (κ3) is 3.62. The summed E-state index contributed by atoms with van der Waals surface area (Å²) in [6.07, 6.45) is -0.458. The molecule has 2 rings (SSSR count). The molecule has 0 bridgehead atoms. The van der Waals surface area contributed by atoms with Crippen molar-refractivity contribution in [1.29, 1.82) is 0 Å². The van der Waals surface area contributed by atoms with Crippen molar-refractivity contribution >= 4 is 23.4 Å². The van der Waals surface area contributed by atoms with Gasteiger partial charge in [-0.3, -0.25) is 5.32 Å². The predicted molar refractivity (Wildman–Crippen MR) is 70.0 cm³/mol. The quantitative estimate of drug-likeness (QED) is 0.832. The van der Waals surface area contributed by atoms with Crippen LogP contribution < -0.4 is 5.32 Å². The number of anilines is 1. The highest BCUT2D eigenvalue weighted by Gasteiger charge is 2.28. The van der Waals surface area contributed by atoms with Crippen molar-refractivity contribution in [3.63, 3.8) is 0 Å². The summed E-state index contributed by atoms with van der Waals surface area (Å²) in [6.45, 7) is 6.11. The molecule has 5 heteroatoms. The van der Waals surface area contributed by atoms with Crippen molar-refractivity contribution in [3.05, 3.63) is 28.8 Å². The van der Waals surface area contributed by atoms with Crippen LogP contribution in [0, 0.1) is 0 Å². The number of rotatable bonds is 2. The maximum absolute atomic E-state index is 11.7. The number of hydrogen-bond acceptors (Lipinski definition) is 3. The normalized spacial score (nSPS) is 18.3. The number of ether oxygens (including phenoxy) is 2. The molecule has 1 aliphatic heterocycles. The van der Waals surface area contributed by atoms with Gasteiger partial charge in [0.2, 0.25) is 0 Å². The Morgan fingerprint density at radius 3 is 2.72 bits per heavy atom. The lowest BCUT2D eigenvalue weighted by atomic mass is 10.1. The molecule has 1 fully saturated rings. The van der Waals surface area contributed by atoms with Gasteiger partial charge < -0.3 is 9.47 Å². The zero-order valence-corrected chi connectivity index (χ0v) is 11.4. The Balaban J connectivity index is 2.11. The third-order valence-electron chi connectivity index (χ3n) is 2.33. The summed E-state index contributed by atoms with van der Waals surface area (Å²) in [5.74, 6) is 0.